The Morgan fingerprint density at radius 1 is 1.03 bits per heavy atom. The predicted octanol–water partition coefficient (Wildman–Crippen LogP) is 7.73. The molecule has 1 amide bonds. The fourth-order valence-electron chi connectivity index (χ4n) is 4.01. The van der Waals surface area contributed by atoms with Crippen LogP contribution in [0, 0.1) is 0 Å². The average molecular weight is 588 g/mol. The number of phenols is 1. The molecule has 4 rings (SSSR count). The van der Waals surface area contributed by atoms with Gasteiger partial charge in [-0.3, -0.25) is 9.35 Å². The standard InChI is InChI=1S/C27H23Cl2N3O6S/c1-3-15-11-17(28)13-22(26(15)39(35,36)37)31-32-24-19-8-6-5-7-16(19)12-20(25(24)33)27(34)30-18-9-10-21(29)23(14-18)38-4-2/h5-14,33H,3-4H2,1-2H3,(H,30,34)(H,35,36,37). The van der Waals surface area contributed by atoms with Crippen LogP contribution >= 0.6 is 23.2 Å². The Bertz CT molecular complexity index is 1720. The lowest BCUT2D eigenvalue weighted by Crippen LogP contribution is -2.12. The molecule has 0 fully saturated rings. The van der Waals surface area contributed by atoms with E-state index < -0.39 is 26.7 Å². The number of anilines is 1. The van der Waals surface area contributed by atoms with E-state index in [0.29, 0.717) is 33.8 Å². The Morgan fingerprint density at radius 3 is 2.46 bits per heavy atom. The molecule has 0 aliphatic rings. The van der Waals surface area contributed by atoms with Crippen LogP contribution in [0.15, 0.2) is 75.8 Å². The Kier molecular flexibility index (Phi) is 8.41. The molecule has 0 aliphatic heterocycles. The summed E-state index contributed by atoms with van der Waals surface area (Å²) in [4.78, 5) is 12.8. The van der Waals surface area contributed by atoms with Crippen LogP contribution in [0.3, 0.4) is 0 Å². The molecule has 0 aromatic heterocycles. The summed E-state index contributed by atoms with van der Waals surface area (Å²) in [5.74, 6) is -0.744. The number of hydrogen-bond donors (Lipinski definition) is 3. The molecule has 0 radical (unpaired) electrons. The lowest BCUT2D eigenvalue weighted by molar-refractivity contribution is 0.102. The van der Waals surface area contributed by atoms with Crippen molar-refractivity contribution in [1.82, 2.24) is 0 Å². The van der Waals surface area contributed by atoms with Crippen molar-refractivity contribution in [2.75, 3.05) is 11.9 Å². The van der Waals surface area contributed by atoms with Gasteiger partial charge in [-0.1, -0.05) is 54.4 Å². The lowest BCUT2D eigenvalue weighted by atomic mass is 10.0. The van der Waals surface area contributed by atoms with E-state index in [1.54, 1.807) is 56.3 Å². The highest BCUT2D eigenvalue weighted by molar-refractivity contribution is 7.86. The van der Waals surface area contributed by atoms with Crippen molar-refractivity contribution in [1.29, 1.82) is 0 Å². The van der Waals surface area contributed by atoms with Gasteiger partial charge in [0.05, 0.1) is 17.2 Å². The molecular weight excluding hydrogens is 565 g/mol. The molecule has 9 nitrogen and oxygen atoms in total. The molecule has 0 saturated heterocycles. The first-order valence-corrected chi connectivity index (χ1v) is 13.9. The van der Waals surface area contributed by atoms with Gasteiger partial charge in [0.1, 0.15) is 22.0 Å². The van der Waals surface area contributed by atoms with Gasteiger partial charge in [-0.2, -0.15) is 8.42 Å². The van der Waals surface area contributed by atoms with Crippen LogP contribution in [0.1, 0.15) is 29.8 Å². The molecule has 0 spiro atoms. The summed E-state index contributed by atoms with van der Waals surface area (Å²) < 4.78 is 39.6. The van der Waals surface area contributed by atoms with Crippen molar-refractivity contribution in [2.45, 2.75) is 25.2 Å². The zero-order chi connectivity index (χ0) is 28.3. The van der Waals surface area contributed by atoms with Crippen LogP contribution in [0.5, 0.6) is 11.5 Å². The van der Waals surface area contributed by atoms with E-state index in [0.717, 1.165) is 0 Å². The number of amides is 1. The van der Waals surface area contributed by atoms with Crippen molar-refractivity contribution in [2.24, 2.45) is 10.2 Å². The summed E-state index contributed by atoms with van der Waals surface area (Å²) in [7, 11) is -4.68. The highest BCUT2D eigenvalue weighted by atomic mass is 35.5. The Morgan fingerprint density at radius 2 is 1.77 bits per heavy atom. The number of hydrogen-bond acceptors (Lipinski definition) is 7. The van der Waals surface area contributed by atoms with E-state index >= 15 is 0 Å². The largest absolute Gasteiger partial charge is 0.505 e. The third-order valence-corrected chi connectivity index (χ3v) is 7.25. The smallest absolute Gasteiger partial charge is 0.297 e. The normalized spacial score (nSPS) is 11.7. The number of carbonyl (C=O) groups is 1. The molecule has 4 aromatic carbocycles. The van der Waals surface area contributed by atoms with Crippen molar-refractivity contribution in [3.63, 3.8) is 0 Å². The maximum atomic E-state index is 13.2. The number of azo groups is 1. The quantitative estimate of drug-likeness (QED) is 0.142. The highest BCUT2D eigenvalue weighted by Crippen LogP contribution is 2.41. The first kappa shape index (κ1) is 28.3. The molecular formula is C27H23Cl2N3O6S. The van der Waals surface area contributed by atoms with Crippen molar-refractivity contribution < 1.29 is 27.6 Å². The van der Waals surface area contributed by atoms with E-state index in [4.69, 9.17) is 27.9 Å². The number of nitrogens with zero attached hydrogens (tertiary/aromatic N) is 2. The van der Waals surface area contributed by atoms with Crippen molar-refractivity contribution >= 4 is 67.1 Å². The van der Waals surface area contributed by atoms with Crippen LogP contribution in [0.2, 0.25) is 10.0 Å². The second-order valence-electron chi connectivity index (χ2n) is 8.32. The molecule has 0 unspecified atom stereocenters. The lowest BCUT2D eigenvalue weighted by Gasteiger charge is -2.13. The number of ether oxygens (including phenoxy) is 1. The first-order valence-electron chi connectivity index (χ1n) is 11.7. The molecule has 0 heterocycles. The molecule has 12 heteroatoms. The molecule has 0 saturated carbocycles. The second-order valence-corrected chi connectivity index (χ2v) is 10.5. The number of carbonyl (C=O) groups excluding carboxylic acids is 1. The highest BCUT2D eigenvalue weighted by Gasteiger charge is 2.23. The Hall–Kier alpha value is -3.70. The number of nitrogens with one attached hydrogen (secondary N) is 1. The third-order valence-electron chi connectivity index (χ3n) is 5.74. The SMILES string of the molecule is CCOc1cc(NC(=O)c2cc3ccccc3c(N=Nc3cc(Cl)cc(CC)c3S(=O)(=O)O)c2O)ccc1Cl. The molecule has 0 atom stereocenters. The molecule has 202 valence electrons. The van der Waals surface area contributed by atoms with E-state index in [9.17, 15) is 22.9 Å². The fourth-order valence-corrected chi connectivity index (χ4v) is 5.32. The molecule has 0 aliphatic carbocycles. The number of halogens is 2. The van der Waals surface area contributed by atoms with E-state index in [1.165, 1.54) is 18.2 Å². The maximum absolute atomic E-state index is 13.2. The summed E-state index contributed by atoms with van der Waals surface area (Å²) in [5.41, 5.74) is 0.224. The van der Waals surface area contributed by atoms with Gasteiger partial charge in [0.25, 0.3) is 16.0 Å². The van der Waals surface area contributed by atoms with Crippen molar-refractivity contribution in [3.05, 3.63) is 81.8 Å². The minimum Gasteiger partial charge on any atom is -0.505 e. The maximum Gasteiger partial charge on any atom is 0.297 e. The molecule has 4 aromatic rings. The average Bonchev–Trinajstić information content (AvgIpc) is 2.88. The minimum absolute atomic E-state index is 0.0799. The topological polar surface area (TPSA) is 138 Å². The fraction of sp³-hybridized carbons (Fsp3) is 0.148. The van der Waals surface area contributed by atoms with Gasteiger partial charge in [0.15, 0.2) is 5.75 Å². The van der Waals surface area contributed by atoms with Crippen LogP contribution in [-0.4, -0.2) is 30.6 Å². The van der Waals surface area contributed by atoms with Crippen LogP contribution in [0.4, 0.5) is 17.1 Å². The first-order chi connectivity index (χ1) is 18.5. The van der Waals surface area contributed by atoms with E-state index in [-0.39, 0.29) is 33.9 Å². The van der Waals surface area contributed by atoms with E-state index in [1.807, 2.05) is 0 Å². The van der Waals surface area contributed by atoms with Gasteiger partial charge in [0, 0.05) is 22.2 Å². The van der Waals surface area contributed by atoms with Gasteiger partial charge < -0.3 is 15.2 Å². The third kappa shape index (κ3) is 6.15. The van der Waals surface area contributed by atoms with Crippen LogP contribution in [-0.2, 0) is 16.5 Å². The Labute approximate surface area is 234 Å². The Balaban J connectivity index is 1.82. The van der Waals surface area contributed by atoms with Gasteiger partial charge in [-0.15, -0.1) is 10.2 Å². The van der Waals surface area contributed by atoms with E-state index in [2.05, 4.69) is 15.5 Å². The summed E-state index contributed by atoms with van der Waals surface area (Å²) >= 11 is 12.3. The van der Waals surface area contributed by atoms with Crippen molar-refractivity contribution in [3.8, 4) is 11.5 Å². The zero-order valence-corrected chi connectivity index (χ0v) is 23.1. The molecule has 3 N–H and O–H groups in total. The summed E-state index contributed by atoms with van der Waals surface area (Å²) in [5, 5.41) is 23.6. The number of aromatic hydroxyl groups is 1. The number of phenolic OH excluding ortho intramolecular Hbond substituents is 1. The number of aryl methyl sites for hydroxylation is 1. The zero-order valence-electron chi connectivity index (χ0n) is 20.8. The second kappa shape index (κ2) is 11.6. The molecule has 0 bridgehead atoms. The predicted molar refractivity (Wildman–Crippen MR) is 151 cm³/mol. The summed E-state index contributed by atoms with van der Waals surface area (Å²) in [6, 6.07) is 15.7. The van der Waals surface area contributed by atoms with Gasteiger partial charge in [-0.05, 0) is 54.6 Å². The monoisotopic (exact) mass is 587 g/mol. The van der Waals surface area contributed by atoms with Crippen LogP contribution in [0.25, 0.3) is 10.8 Å². The number of fused-ring (bicyclic) bond motifs is 1. The molecule has 39 heavy (non-hydrogen) atoms. The summed E-state index contributed by atoms with van der Waals surface area (Å²) in [6.45, 7) is 3.87. The number of rotatable bonds is 8. The number of benzene rings is 4. The van der Waals surface area contributed by atoms with Gasteiger partial charge in [-0.25, -0.2) is 0 Å². The van der Waals surface area contributed by atoms with Gasteiger partial charge >= 0.3 is 0 Å². The van der Waals surface area contributed by atoms with Crippen LogP contribution < -0.4 is 10.1 Å². The summed E-state index contributed by atoms with van der Waals surface area (Å²) in [6.07, 6.45) is 0.248. The minimum atomic E-state index is -4.68. The van der Waals surface area contributed by atoms with Gasteiger partial charge in [0.2, 0.25) is 0 Å².